The van der Waals surface area contributed by atoms with E-state index in [9.17, 15) is 0 Å². The number of alkyl halides is 1. The first-order valence-electron chi connectivity index (χ1n) is 18.0. The highest BCUT2D eigenvalue weighted by molar-refractivity contribution is 14.1. The van der Waals surface area contributed by atoms with Crippen LogP contribution in [-0.2, 0) is 19.3 Å². The molecule has 232 valence electrons. The van der Waals surface area contributed by atoms with E-state index in [1.165, 1.54) is 64.6 Å². The van der Waals surface area contributed by atoms with Gasteiger partial charge in [-0.2, -0.15) is 0 Å². The Labute approximate surface area is 293 Å². The summed E-state index contributed by atoms with van der Waals surface area (Å²) in [6.07, 6.45) is 29.7. The molecule has 0 saturated heterocycles. The number of allylic oxidation sites excluding steroid dienone is 13. The van der Waals surface area contributed by atoms with Gasteiger partial charge in [0.25, 0.3) is 0 Å². The number of hydrogen-bond acceptors (Lipinski definition) is 0. The van der Waals surface area contributed by atoms with Crippen molar-refractivity contribution in [2.75, 3.05) is 0 Å². The maximum atomic E-state index is 2.86. The molecule has 1 saturated carbocycles. The zero-order chi connectivity index (χ0) is 31.1. The Hall–Kier alpha value is -3.43. The second kappa shape index (κ2) is 11.3. The number of benzene rings is 3. The van der Waals surface area contributed by atoms with Crippen molar-refractivity contribution in [3.05, 3.63) is 170 Å². The third-order valence-electron chi connectivity index (χ3n) is 12.6. The van der Waals surface area contributed by atoms with Gasteiger partial charge in [0.2, 0.25) is 0 Å². The predicted molar refractivity (Wildman–Crippen MR) is 205 cm³/mol. The molecule has 0 heterocycles. The van der Waals surface area contributed by atoms with Gasteiger partial charge in [0.1, 0.15) is 0 Å². The summed E-state index contributed by atoms with van der Waals surface area (Å²) in [4.78, 5) is 0. The minimum Gasteiger partial charge on any atom is -0.0816 e. The lowest BCUT2D eigenvalue weighted by atomic mass is 9.69. The van der Waals surface area contributed by atoms with Gasteiger partial charge in [-0.15, -0.1) is 0 Å². The van der Waals surface area contributed by atoms with Crippen molar-refractivity contribution in [1.82, 2.24) is 0 Å². The fourth-order valence-corrected chi connectivity index (χ4v) is 11.7. The fraction of sp³-hybridized carbons (Fsp3) is 0.304. The molecule has 1 fully saturated rings. The SMILES string of the molecule is IC1C(C2=CC3C=CC(C4=Cc5ccccc5CC4)=CC3C=C2)CCC2c3ccc(C4=CC5=C(CC4)c4ccccc4C5)cc3CC21. The molecule has 0 radical (unpaired) electrons. The lowest BCUT2D eigenvalue weighted by Crippen LogP contribution is -2.34. The maximum Gasteiger partial charge on any atom is 0.0215 e. The summed E-state index contributed by atoms with van der Waals surface area (Å²) in [6.45, 7) is 0. The van der Waals surface area contributed by atoms with Crippen molar-refractivity contribution in [3.8, 4) is 0 Å². The summed E-state index contributed by atoms with van der Waals surface area (Å²) in [6, 6.07) is 25.5. The highest BCUT2D eigenvalue weighted by atomic mass is 127. The highest BCUT2D eigenvalue weighted by Gasteiger charge is 2.44. The monoisotopic (exact) mass is 720 g/mol. The van der Waals surface area contributed by atoms with E-state index in [1.54, 1.807) is 33.4 Å². The molecule has 6 atom stereocenters. The Bertz CT molecular complexity index is 2040. The average Bonchev–Trinajstić information content (AvgIpc) is 3.69. The van der Waals surface area contributed by atoms with Crippen LogP contribution in [0.1, 0.15) is 77.0 Å². The smallest absolute Gasteiger partial charge is 0.0215 e. The van der Waals surface area contributed by atoms with Crippen molar-refractivity contribution < 1.29 is 0 Å². The van der Waals surface area contributed by atoms with Gasteiger partial charge in [-0.05, 0) is 142 Å². The molecule has 0 aliphatic heterocycles. The molecule has 0 amide bonds. The van der Waals surface area contributed by atoms with Crippen LogP contribution in [0.15, 0.2) is 132 Å². The van der Waals surface area contributed by atoms with Crippen LogP contribution in [0.5, 0.6) is 0 Å². The van der Waals surface area contributed by atoms with Crippen LogP contribution >= 0.6 is 22.6 Å². The van der Waals surface area contributed by atoms with Crippen LogP contribution < -0.4 is 0 Å². The third kappa shape index (κ3) is 4.82. The molecule has 1 heteroatoms. The Balaban J connectivity index is 0.847. The molecule has 7 aliphatic rings. The van der Waals surface area contributed by atoms with Crippen LogP contribution in [0.3, 0.4) is 0 Å². The molecule has 10 rings (SSSR count). The predicted octanol–water partition coefficient (Wildman–Crippen LogP) is 11.6. The van der Waals surface area contributed by atoms with E-state index in [-0.39, 0.29) is 0 Å². The first-order valence-corrected chi connectivity index (χ1v) is 19.3. The first kappa shape index (κ1) is 28.6. The van der Waals surface area contributed by atoms with Gasteiger partial charge >= 0.3 is 0 Å². The van der Waals surface area contributed by atoms with E-state index < -0.39 is 0 Å². The lowest BCUT2D eigenvalue weighted by molar-refractivity contribution is 0.296. The zero-order valence-electron chi connectivity index (χ0n) is 27.0. The number of aryl methyl sites for hydroxylation is 1. The summed E-state index contributed by atoms with van der Waals surface area (Å²) in [5.41, 5.74) is 19.9. The van der Waals surface area contributed by atoms with Gasteiger partial charge in [-0.1, -0.05) is 138 Å². The van der Waals surface area contributed by atoms with Crippen LogP contribution in [0.2, 0.25) is 0 Å². The van der Waals surface area contributed by atoms with Crippen LogP contribution in [-0.4, -0.2) is 3.92 Å². The Morgan fingerprint density at radius 1 is 0.660 bits per heavy atom. The molecule has 3 aromatic rings. The van der Waals surface area contributed by atoms with E-state index in [1.807, 2.05) is 0 Å². The standard InChI is InChI=1S/C46H41I/c47-46-43(37-14-13-32-22-31(11-12-33(32)23-37)30-10-9-28-5-1-2-6-29(28)21-30)19-20-44-42-18-16-35(25-39(42)27-45(44)46)34-15-17-41-38(24-34)26-36-7-3-4-8-40(36)41/h1-8,11-14,16,18,21-25,32-33,43-46H,9-10,15,17,19-20,26-27H2. The second-order valence-corrected chi connectivity index (χ2v) is 16.5. The minimum absolute atomic E-state index is 0.481. The van der Waals surface area contributed by atoms with E-state index in [0.717, 1.165) is 37.5 Å². The van der Waals surface area contributed by atoms with E-state index >= 15 is 0 Å². The molecule has 0 aromatic heterocycles. The van der Waals surface area contributed by atoms with Gasteiger partial charge in [0.05, 0.1) is 0 Å². The van der Waals surface area contributed by atoms with Crippen molar-refractivity contribution in [1.29, 1.82) is 0 Å². The summed E-state index contributed by atoms with van der Waals surface area (Å²) >= 11 is 2.86. The molecule has 0 bridgehead atoms. The molecule has 7 aliphatic carbocycles. The Morgan fingerprint density at radius 2 is 1.47 bits per heavy atom. The number of halogens is 1. The summed E-state index contributed by atoms with van der Waals surface area (Å²) < 4.78 is 0.680. The summed E-state index contributed by atoms with van der Waals surface area (Å²) in [7, 11) is 0. The van der Waals surface area contributed by atoms with E-state index in [2.05, 4.69) is 138 Å². The van der Waals surface area contributed by atoms with Gasteiger partial charge in [-0.3, -0.25) is 0 Å². The Kier molecular flexibility index (Phi) is 6.89. The first-order chi connectivity index (χ1) is 23.2. The maximum absolute atomic E-state index is 2.86. The van der Waals surface area contributed by atoms with Gasteiger partial charge < -0.3 is 0 Å². The van der Waals surface area contributed by atoms with Crippen LogP contribution in [0.4, 0.5) is 0 Å². The topological polar surface area (TPSA) is 0 Å². The molecule has 47 heavy (non-hydrogen) atoms. The lowest BCUT2D eigenvalue weighted by Gasteiger charge is -2.39. The molecule has 0 nitrogen and oxygen atoms in total. The minimum atomic E-state index is 0.481. The van der Waals surface area contributed by atoms with Crippen LogP contribution in [0.25, 0.3) is 17.2 Å². The van der Waals surface area contributed by atoms with Crippen molar-refractivity contribution >= 4 is 39.8 Å². The van der Waals surface area contributed by atoms with Gasteiger partial charge in [-0.25, -0.2) is 0 Å². The highest BCUT2D eigenvalue weighted by Crippen LogP contribution is 2.54. The molecule has 3 aromatic carbocycles. The van der Waals surface area contributed by atoms with Crippen molar-refractivity contribution in [3.63, 3.8) is 0 Å². The molecule has 0 N–H and O–H groups in total. The van der Waals surface area contributed by atoms with Crippen molar-refractivity contribution in [2.24, 2.45) is 23.7 Å². The number of fused-ring (bicyclic) bond motifs is 7. The summed E-state index contributed by atoms with van der Waals surface area (Å²) in [5, 5.41) is 0. The molecular weight excluding hydrogens is 679 g/mol. The van der Waals surface area contributed by atoms with Crippen LogP contribution in [0, 0.1) is 23.7 Å². The van der Waals surface area contributed by atoms with E-state index in [0.29, 0.717) is 21.7 Å². The third-order valence-corrected chi connectivity index (χ3v) is 14.4. The number of rotatable bonds is 3. The zero-order valence-corrected chi connectivity index (χ0v) is 29.1. The quantitative estimate of drug-likeness (QED) is 0.187. The van der Waals surface area contributed by atoms with E-state index in [4.69, 9.17) is 0 Å². The van der Waals surface area contributed by atoms with Gasteiger partial charge in [0.15, 0.2) is 0 Å². The van der Waals surface area contributed by atoms with Crippen molar-refractivity contribution in [2.45, 2.75) is 61.2 Å². The molecular formula is C46H41I. The average molecular weight is 721 g/mol. The normalized spacial score (nSPS) is 29.8. The Morgan fingerprint density at radius 3 is 2.43 bits per heavy atom. The second-order valence-electron chi connectivity index (χ2n) is 15.1. The molecule has 0 spiro atoms. The number of hydrogen-bond donors (Lipinski definition) is 0. The largest absolute Gasteiger partial charge is 0.0816 e. The molecule has 6 unspecified atom stereocenters. The van der Waals surface area contributed by atoms with Gasteiger partial charge in [0, 0.05) is 15.8 Å². The summed E-state index contributed by atoms with van der Waals surface area (Å²) in [5.74, 6) is 3.11. The fourth-order valence-electron chi connectivity index (χ4n) is 10.2.